The fourth-order valence-electron chi connectivity index (χ4n) is 3.39. The van der Waals surface area contributed by atoms with Crippen LogP contribution in [0, 0.1) is 6.92 Å². The SMILES string of the molecule is Cc1cc2c(N3CCC(N(C)c4ncc(Cl)cn4)CC3)nccn2n1. The van der Waals surface area contributed by atoms with E-state index in [1.807, 2.05) is 30.9 Å². The number of piperidine rings is 1. The standard InChI is InChI=1S/C17H20ClN7/c1-12-9-15-16(19-5-8-25(15)22-12)24-6-3-14(4-7-24)23(2)17-20-10-13(18)11-21-17/h5,8-11,14H,3-4,6-7H2,1-2H3. The lowest BCUT2D eigenvalue weighted by atomic mass is 10.0. The van der Waals surface area contributed by atoms with Crippen LogP contribution in [0.5, 0.6) is 0 Å². The maximum Gasteiger partial charge on any atom is 0.225 e. The highest BCUT2D eigenvalue weighted by molar-refractivity contribution is 6.30. The topological polar surface area (TPSA) is 62.5 Å². The van der Waals surface area contributed by atoms with Gasteiger partial charge in [-0.1, -0.05) is 11.6 Å². The van der Waals surface area contributed by atoms with Crippen molar-refractivity contribution in [2.45, 2.75) is 25.8 Å². The van der Waals surface area contributed by atoms with E-state index in [1.165, 1.54) is 0 Å². The zero-order chi connectivity index (χ0) is 17.4. The van der Waals surface area contributed by atoms with Gasteiger partial charge < -0.3 is 9.80 Å². The molecule has 0 bridgehead atoms. The number of rotatable bonds is 3. The van der Waals surface area contributed by atoms with E-state index in [0.29, 0.717) is 11.1 Å². The molecule has 0 saturated carbocycles. The Morgan fingerprint density at radius 1 is 1.16 bits per heavy atom. The summed E-state index contributed by atoms with van der Waals surface area (Å²) in [5, 5.41) is 5.03. The molecule has 0 spiro atoms. The Hall–Kier alpha value is -2.41. The van der Waals surface area contributed by atoms with E-state index < -0.39 is 0 Å². The minimum absolute atomic E-state index is 0.406. The van der Waals surface area contributed by atoms with Crippen molar-refractivity contribution < 1.29 is 0 Å². The Bertz CT molecular complexity index is 868. The van der Waals surface area contributed by atoms with Crippen LogP contribution in [0.1, 0.15) is 18.5 Å². The summed E-state index contributed by atoms with van der Waals surface area (Å²) in [6, 6.07) is 2.49. The first kappa shape index (κ1) is 16.1. The van der Waals surface area contributed by atoms with Crippen LogP contribution < -0.4 is 9.80 Å². The molecule has 0 unspecified atom stereocenters. The molecule has 8 heteroatoms. The molecule has 4 heterocycles. The van der Waals surface area contributed by atoms with Gasteiger partial charge in [-0.05, 0) is 25.8 Å². The first-order valence-electron chi connectivity index (χ1n) is 8.38. The lowest BCUT2D eigenvalue weighted by Gasteiger charge is -2.37. The number of hydrogen-bond acceptors (Lipinski definition) is 6. The van der Waals surface area contributed by atoms with Crippen LogP contribution in [0.25, 0.3) is 5.52 Å². The Morgan fingerprint density at radius 3 is 2.60 bits per heavy atom. The van der Waals surface area contributed by atoms with Gasteiger partial charge in [0, 0.05) is 38.6 Å². The van der Waals surface area contributed by atoms with Gasteiger partial charge >= 0.3 is 0 Å². The predicted molar refractivity (Wildman–Crippen MR) is 98.4 cm³/mol. The smallest absolute Gasteiger partial charge is 0.225 e. The number of aromatic nitrogens is 5. The van der Waals surface area contributed by atoms with Crippen LogP contribution in [-0.2, 0) is 0 Å². The summed E-state index contributed by atoms with van der Waals surface area (Å²) < 4.78 is 1.90. The summed E-state index contributed by atoms with van der Waals surface area (Å²) in [6.07, 6.45) is 9.04. The van der Waals surface area contributed by atoms with Gasteiger partial charge in [0.25, 0.3) is 0 Å². The van der Waals surface area contributed by atoms with E-state index in [-0.39, 0.29) is 0 Å². The lowest BCUT2D eigenvalue weighted by Crippen LogP contribution is -2.44. The Labute approximate surface area is 151 Å². The van der Waals surface area contributed by atoms with Gasteiger partial charge in [-0.15, -0.1) is 0 Å². The second-order valence-corrected chi connectivity index (χ2v) is 6.83. The maximum atomic E-state index is 5.87. The molecule has 25 heavy (non-hydrogen) atoms. The quantitative estimate of drug-likeness (QED) is 0.718. The minimum Gasteiger partial charge on any atom is -0.355 e. The van der Waals surface area contributed by atoms with Crippen molar-refractivity contribution >= 4 is 28.9 Å². The highest BCUT2D eigenvalue weighted by Gasteiger charge is 2.25. The average Bonchev–Trinajstić information content (AvgIpc) is 3.02. The van der Waals surface area contributed by atoms with E-state index in [9.17, 15) is 0 Å². The molecule has 1 fully saturated rings. The van der Waals surface area contributed by atoms with Gasteiger partial charge in [0.15, 0.2) is 5.82 Å². The average molecular weight is 358 g/mol. The van der Waals surface area contributed by atoms with E-state index in [1.54, 1.807) is 12.4 Å². The van der Waals surface area contributed by atoms with Gasteiger partial charge in [-0.2, -0.15) is 5.10 Å². The molecule has 0 N–H and O–H groups in total. The zero-order valence-electron chi connectivity index (χ0n) is 14.3. The van der Waals surface area contributed by atoms with Crippen molar-refractivity contribution in [2.75, 3.05) is 29.9 Å². The summed E-state index contributed by atoms with van der Waals surface area (Å²) in [7, 11) is 2.04. The maximum absolute atomic E-state index is 5.87. The van der Waals surface area contributed by atoms with Gasteiger partial charge in [0.1, 0.15) is 5.52 Å². The molecule has 3 aromatic heterocycles. The monoisotopic (exact) mass is 357 g/mol. The van der Waals surface area contributed by atoms with Crippen LogP contribution in [0.4, 0.5) is 11.8 Å². The molecule has 3 aromatic rings. The fourth-order valence-corrected chi connectivity index (χ4v) is 3.49. The molecule has 0 aromatic carbocycles. The molecule has 4 rings (SSSR count). The third-order valence-electron chi connectivity index (χ3n) is 4.73. The zero-order valence-corrected chi connectivity index (χ0v) is 15.1. The van der Waals surface area contributed by atoms with Gasteiger partial charge in [0.2, 0.25) is 5.95 Å². The second-order valence-electron chi connectivity index (χ2n) is 6.40. The third kappa shape index (κ3) is 3.11. The molecule has 0 aliphatic carbocycles. The molecular weight excluding hydrogens is 338 g/mol. The van der Waals surface area contributed by atoms with Crippen LogP contribution >= 0.6 is 11.6 Å². The van der Waals surface area contributed by atoms with E-state index in [4.69, 9.17) is 11.6 Å². The molecule has 130 valence electrons. The van der Waals surface area contributed by atoms with Crippen molar-refractivity contribution in [1.82, 2.24) is 24.6 Å². The Kier molecular flexibility index (Phi) is 4.17. The second kappa shape index (κ2) is 6.48. The lowest BCUT2D eigenvalue weighted by molar-refractivity contribution is 0.475. The van der Waals surface area contributed by atoms with Crippen LogP contribution in [0.3, 0.4) is 0 Å². The molecule has 7 nitrogen and oxygen atoms in total. The van der Waals surface area contributed by atoms with Crippen LogP contribution in [-0.4, -0.2) is 50.7 Å². The third-order valence-corrected chi connectivity index (χ3v) is 4.92. The predicted octanol–water partition coefficient (Wildman–Crippen LogP) is 2.59. The molecule has 0 atom stereocenters. The number of hydrogen-bond donors (Lipinski definition) is 0. The largest absolute Gasteiger partial charge is 0.355 e. The Balaban J connectivity index is 1.48. The molecule has 1 aliphatic heterocycles. The minimum atomic E-state index is 0.406. The van der Waals surface area contributed by atoms with Gasteiger partial charge in [-0.25, -0.2) is 19.5 Å². The summed E-state index contributed by atoms with van der Waals surface area (Å²) in [4.78, 5) is 17.7. The Morgan fingerprint density at radius 2 is 1.88 bits per heavy atom. The molecule has 1 saturated heterocycles. The number of nitrogens with zero attached hydrogens (tertiary/aromatic N) is 7. The molecule has 0 amide bonds. The van der Waals surface area contributed by atoms with E-state index in [0.717, 1.165) is 48.9 Å². The summed E-state index contributed by atoms with van der Waals surface area (Å²) >= 11 is 5.87. The van der Waals surface area contributed by atoms with E-state index >= 15 is 0 Å². The number of aryl methyl sites for hydroxylation is 1. The summed E-state index contributed by atoms with van der Waals surface area (Å²) in [6.45, 7) is 3.89. The first-order valence-corrected chi connectivity index (χ1v) is 8.76. The fraction of sp³-hybridized carbons (Fsp3) is 0.412. The normalized spacial score (nSPS) is 15.7. The first-order chi connectivity index (χ1) is 12.1. The summed E-state index contributed by atoms with van der Waals surface area (Å²) in [5.41, 5.74) is 2.07. The molecule has 0 radical (unpaired) electrons. The number of fused-ring (bicyclic) bond motifs is 1. The van der Waals surface area contributed by atoms with Crippen LogP contribution in [0.2, 0.25) is 5.02 Å². The van der Waals surface area contributed by atoms with Crippen LogP contribution in [0.15, 0.2) is 30.9 Å². The molecule has 1 aliphatic rings. The van der Waals surface area contributed by atoms with E-state index in [2.05, 4.69) is 35.9 Å². The van der Waals surface area contributed by atoms with Crippen molar-refractivity contribution in [2.24, 2.45) is 0 Å². The van der Waals surface area contributed by atoms with Gasteiger partial charge in [0.05, 0.1) is 23.1 Å². The summed E-state index contributed by atoms with van der Waals surface area (Å²) in [5.74, 6) is 1.72. The number of halogens is 1. The van der Waals surface area contributed by atoms with Crippen molar-refractivity contribution in [3.05, 3.63) is 41.6 Å². The molecular formula is C17H20ClN7. The highest BCUT2D eigenvalue weighted by atomic mass is 35.5. The van der Waals surface area contributed by atoms with Crippen molar-refractivity contribution in [1.29, 1.82) is 0 Å². The number of anilines is 2. The van der Waals surface area contributed by atoms with Crippen molar-refractivity contribution in [3.8, 4) is 0 Å². The van der Waals surface area contributed by atoms with Crippen molar-refractivity contribution in [3.63, 3.8) is 0 Å². The highest BCUT2D eigenvalue weighted by Crippen LogP contribution is 2.26. The van der Waals surface area contributed by atoms with Gasteiger partial charge in [-0.3, -0.25) is 0 Å².